The van der Waals surface area contributed by atoms with Crippen LogP contribution in [0.15, 0.2) is 46.9 Å². The van der Waals surface area contributed by atoms with E-state index in [0.717, 1.165) is 17.7 Å². The van der Waals surface area contributed by atoms with E-state index in [9.17, 15) is 9.18 Å². The van der Waals surface area contributed by atoms with Crippen LogP contribution in [0, 0.1) is 5.82 Å². The highest BCUT2D eigenvalue weighted by atomic mass is 79.9. The summed E-state index contributed by atoms with van der Waals surface area (Å²) in [4.78, 5) is 14.3. The molecular formula is C16H14BrFN2O. The van der Waals surface area contributed by atoms with Gasteiger partial charge in [0.2, 0.25) is 0 Å². The topological polar surface area (TPSA) is 46.3 Å². The average Bonchev–Trinajstić information content (AvgIpc) is 2.48. The Kier molecular flexibility index (Phi) is 3.78. The maximum absolute atomic E-state index is 13.6. The van der Waals surface area contributed by atoms with Gasteiger partial charge in [-0.15, -0.1) is 0 Å². The van der Waals surface area contributed by atoms with Gasteiger partial charge in [0.15, 0.2) is 0 Å². The minimum absolute atomic E-state index is 0.107. The molecule has 3 rings (SSSR count). The highest BCUT2D eigenvalue weighted by Crippen LogP contribution is 2.28. The Morgan fingerprint density at radius 2 is 2.05 bits per heavy atom. The number of carbonyl (C=O) groups is 1. The van der Waals surface area contributed by atoms with Crippen LogP contribution in [0.3, 0.4) is 0 Å². The lowest BCUT2D eigenvalue weighted by Gasteiger charge is -2.33. The molecule has 0 saturated carbocycles. The number of hydrogen-bond donors (Lipinski definition) is 1. The van der Waals surface area contributed by atoms with Crippen LogP contribution < -0.4 is 10.6 Å². The Morgan fingerprint density at radius 3 is 2.81 bits per heavy atom. The fraction of sp³-hybridized carbons (Fsp3) is 0.188. The Hall–Kier alpha value is -1.72. The smallest absolute Gasteiger partial charge is 0.258 e. The molecule has 2 aromatic carbocycles. The first kappa shape index (κ1) is 14.2. The van der Waals surface area contributed by atoms with Crippen molar-refractivity contribution in [1.29, 1.82) is 0 Å². The lowest BCUT2D eigenvalue weighted by atomic mass is 9.97. The SMILES string of the molecule is NC1Cc2ccccc2N(C(=O)c2ccc(Br)c(F)c2)C1. The van der Waals surface area contributed by atoms with Gasteiger partial charge in [-0.05, 0) is 52.2 Å². The summed E-state index contributed by atoms with van der Waals surface area (Å²) >= 11 is 3.09. The fourth-order valence-corrected chi connectivity index (χ4v) is 2.85. The Bertz CT molecular complexity index is 704. The Morgan fingerprint density at radius 1 is 1.29 bits per heavy atom. The molecule has 3 nitrogen and oxygen atoms in total. The summed E-state index contributed by atoms with van der Waals surface area (Å²) in [5.41, 5.74) is 8.25. The van der Waals surface area contributed by atoms with Crippen molar-refractivity contribution >= 4 is 27.5 Å². The maximum atomic E-state index is 13.6. The molecule has 0 bridgehead atoms. The standard InChI is InChI=1S/C16H14BrFN2O/c17-13-6-5-11(8-14(13)18)16(21)20-9-12(19)7-10-3-1-2-4-15(10)20/h1-6,8,12H,7,9,19H2. The molecule has 21 heavy (non-hydrogen) atoms. The van der Waals surface area contributed by atoms with Gasteiger partial charge in [-0.3, -0.25) is 4.79 Å². The predicted molar refractivity (Wildman–Crippen MR) is 83.9 cm³/mol. The van der Waals surface area contributed by atoms with E-state index in [1.807, 2.05) is 24.3 Å². The number of nitrogens with two attached hydrogens (primary N) is 1. The first-order valence-electron chi connectivity index (χ1n) is 6.66. The monoisotopic (exact) mass is 348 g/mol. The van der Waals surface area contributed by atoms with Gasteiger partial charge in [0, 0.05) is 23.8 Å². The molecular weight excluding hydrogens is 335 g/mol. The first-order valence-corrected chi connectivity index (χ1v) is 7.46. The van der Waals surface area contributed by atoms with Gasteiger partial charge in [0.25, 0.3) is 5.91 Å². The van der Waals surface area contributed by atoms with E-state index in [1.54, 1.807) is 17.0 Å². The van der Waals surface area contributed by atoms with Crippen LogP contribution in [0.1, 0.15) is 15.9 Å². The minimum atomic E-state index is -0.449. The van der Waals surface area contributed by atoms with Crippen LogP contribution >= 0.6 is 15.9 Å². The highest BCUT2D eigenvalue weighted by Gasteiger charge is 2.27. The van der Waals surface area contributed by atoms with Gasteiger partial charge in [-0.25, -0.2) is 4.39 Å². The zero-order valence-electron chi connectivity index (χ0n) is 11.2. The van der Waals surface area contributed by atoms with Gasteiger partial charge in [-0.1, -0.05) is 18.2 Å². The minimum Gasteiger partial charge on any atom is -0.326 e. The van der Waals surface area contributed by atoms with E-state index < -0.39 is 5.82 Å². The molecule has 5 heteroatoms. The molecule has 2 aromatic rings. The molecule has 0 saturated heterocycles. The summed E-state index contributed by atoms with van der Waals surface area (Å²) in [7, 11) is 0. The van der Waals surface area contributed by atoms with E-state index in [1.165, 1.54) is 6.07 Å². The second-order valence-corrected chi connectivity index (χ2v) is 5.99. The van der Waals surface area contributed by atoms with Gasteiger partial charge in [0.05, 0.1) is 4.47 Å². The summed E-state index contributed by atoms with van der Waals surface area (Å²) in [6.07, 6.45) is 0.745. The first-order chi connectivity index (χ1) is 10.1. The number of halogens is 2. The largest absolute Gasteiger partial charge is 0.326 e. The van der Waals surface area contributed by atoms with Gasteiger partial charge in [0.1, 0.15) is 5.82 Å². The summed E-state index contributed by atoms with van der Waals surface area (Å²) in [6.45, 7) is 0.438. The number of nitrogens with zero attached hydrogens (tertiary/aromatic N) is 1. The zero-order chi connectivity index (χ0) is 15.0. The summed E-state index contributed by atoms with van der Waals surface area (Å²) in [6, 6.07) is 12.0. The molecule has 0 aromatic heterocycles. The van der Waals surface area contributed by atoms with Crippen molar-refractivity contribution in [2.75, 3.05) is 11.4 Å². The molecule has 1 aliphatic heterocycles. The number of hydrogen-bond acceptors (Lipinski definition) is 2. The molecule has 0 fully saturated rings. The molecule has 1 atom stereocenters. The number of amides is 1. The second kappa shape index (κ2) is 5.58. The van der Waals surface area contributed by atoms with Crippen LogP contribution in [-0.4, -0.2) is 18.5 Å². The number of anilines is 1. The molecule has 1 unspecified atom stereocenters. The second-order valence-electron chi connectivity index (χ2n) is 5.14. The van der Waals surface area contributed by atoms with E-state index in [4.69, 9.17) is 5.73 Å². The van der Waals surface area contributed by atoms with Crippen LogP contribution in [0.2, 0.25) is 0 Å². The van der Waals surface area contributed by atoms with E-state index in [0.29, 0.717) is 16.6 Å². The van der Waals surface area contributed by atoms with Crippen LogP contribution in [0.5, 0.6) is 0 Å². The Labute approximate surface area is 130 Å². The van der Waals surface area contributed by atoms with Crippen molar-refractivity contribution in [2.24, 2.45) is 5.73 Å². The maximum Gasteiger partial charge on any atom is 0.258 e. The quantitative estimate of drug-likeness (QED) is 0.860. The molecule has 0 radical (unpaired) electrons. The third-order valence-corrected chi connectivity index (χ3v) is 4.24. The third-order valence-electron chi connectivity index (χ3n) is 3.59. The highest BCUT2D eigenvalue weighted by molar-refractivity contribution is 9.10. The third kappa shape index (κ3) is 2.71. The summed E-state index contributed by atoms with van der Waals surface area (Å²) < 4.78 is 14.0. The normalized spacial score (nSPS) is 17.5. The lowest BCUT2D eigenvalue weighted by molar-refractivity contribution is 0.0983. The van der Waals surface area contributed by atoms with Crippen molar-refractivity contribution in [3.05, 3.63) is 63.9 Å². The van der Waals surface area contributed by atoms with Crippen LogP contribution in [-0.2, 0) is 6.42 Å². The lowest BCUT2D eigenvalue weighted by Crippen LogP contribution is -2.46. The van der Waals surface area contributed by atoms with Crippen molar-refractivity contribution in [2.45, 2.75) is 12.5 Å². The van der Waals surface area contributed by atoms with Crippen molar-refractivity contribution < 1.29 is 9.18 Å². The zero-order valence-corrected chi connectivity index (χ0v) is 12.8. The molecule has 0 aliphatic carbocycles. The summed E-state index contributed by atoms with van der Waals surface area (Å²) in [5.74, 6) is -0.681. The number of carbonyl (C=O) groups excluding carboxylic acids is 1. The van der Waals surface area contributed by atoms with E-state index in [2.05, 4.69) is 15.9 Å². The molecule has 1 aliphatic rings. The number of rotatable bonds is 1. The molecule has 2 N–H and O–H groups in total. The summed E-state index contributed by atoms with van der Waals surface area (Å²) in [5, 5.41) is 0. The van der Waals surface area contributed by atoms with Crippen LogP contribution in [0.25, 0.3) is 0 Å². The van der Waals surface area contributed by atoms with E-state index >= 15 is 0 Å². The fourth-order valence-electron chi connectivity index (χ4n) is 2.60. The van der Waals surface area contributed by atoms with Gasteiger partial charge in [-0.2, -0.15) is 0 Å². The van der Waals surface area contributed by atoms with Gasteiger partial charge >= 0.3 is 0 Å². The predicted octanol–water partition coefficient (Wildman–Crippen LogP) is 3.12. The van der Waals surface area contributed by atoms with Gasteiger partial charge < -0.3 is 10.6 Å². The Balaban J connectivity index is 1.99. The van der Waals surface area contributed by atoms with Crippen molar-refractivity contribution in [3.63, 3.8) is 0 Å². The molecule has 108 valence electrons. The molecule has 1 heterocycles. The van der Waals surface area contributed by atoms with Crippen LogP contribution in [0.4, 0.5) is 10.1 Å². The number of para-hydroxylation sites is 1. The average molecular weight is 349 g/mol. The number of fused-ring (bicyclic) bond motifs is 1. The number of benzene rings is 2. The molecule has 0 spiro atoms. The molecule has 1 amide bonds. The van der Waals surface area contributed by atoms with Crippen molar-refractivity contribution in [1.82, 2.24) is 0 Å². The van der Waals surface area contributed by atoms with Crippen molar-refractivity contribution in [3.8, 4) is 0 Å². The van der Waals surface area contributed by atoms with E-state index in [-0.39, 0.29) is 11.9 Å².